The largest absolute Gasteiger partial charge is 0.443 e. The third-order valence-corrected chi connectivity index (χ3v) is 4.78. The van der Waals surface area contributed by atoms with Gasteiger partial charge in [-0.25, -0.2) is 14.2 Å². The van der Waals surface area contributed by atoms with Crippen LogP contribution in [-0.4, -0.2) is 40.8 Å². The molecule has 1 fully saturated rings. The summed E-state index contributed by atoms with van der Waals surface area (Å²) < 4.78 is 19.2. The average molecular weight is 370 g/mol. The van der Waals surface area contributed by atoms with E-state index in [9.17, 15) is 9.18 Å². The summed E-state index contributed by atoms with van der Waals surface area (Å²) in [5.41, 5.74) is 1.47. The number of hydrogen-bond donors (Lipinski definition) is 0. The molecule has 0 unspecified atom stereocenters. The highest BCUT2D eigenvalue weighted by Crippen LogP contribution is 2.39. The van der Waals surface area contributed by atoms with E-state index < -0.39 is 17.5 Å². The number of fused-ring (bicyclic) bond motifs is 4. The number of piperidine rings is 1. The molecule has 4 heterocycles. The standard InChI is InChI=1S/C20H23FN4O2/c1-20(2,3)27-19(26)25-15-5-4-8-24(12-15)17-7-6-16(23-18(17)25)13-9-14(21)11-22-10-13/h6-7,9-11,15H,4-5,8,12H2,1-3H3/t15-/m0/s1. The molecule has 1 saturated heterocycles. The summed E-state index contributed by atoms with van der Waals surface area (Å²) in [5.74, 6) is 0.151. The van der Waals surface area contributed by atoms with Gasteiger partial charge in [0, 0.05) is 24.8 Å². The molecule has 4 rings (SSSR count). The molecule has 0 aliphatic carbocycles. The lowest BCUT2D eigenvalue weighted by atomic mass is 9.99. The second-order valence-electron chi connectivity index (χ2n) is 8.02. The van der Waals surface area contributed by atoms with Crippen LogP contribution in [0.2, 0.25) is 0 Å². The zero-order valence-corrected chi connectivity index (χ0v) is 15.8. The summed E-state index contributed by atoms with van der Waals surface area (Å²) in [6, 6.07) is 5.21. The quantitative estimate of drug-likeness (QED) is 0.759. The van der Waals surface area contributed by atoms with E-state index in [4.69, 9.17) is 9.72 Å². The van der Waals surface area contributed by atoms with Crippen molar-refractivity contribution >= 4 is 17.6 Å². The zero-order chi connectivity index (χ0) is 19.2. The Kier molecular flexibility index (Phi) is 4.25. The van der Waals surface area contributed by atoms with Gasteiger partial charge in [-0.1, -0.05) is 0 Å². The number of carbonyl (C=O) groups is 1. The number of pyridine rings is 2. The first kappa shape index (κ1) is 17.7. The lowest BCUT2D eigenvalue weighted by molar-refractivity contribution is 0.0558. The minimum atomic E-state index is -0.590. The second-order valence-corrected chi connectivity index (χ2v) is 8.02. The topological polar surface area (TPSA) is 58.6 Å². The van der Waals surface area contributed by atoms with Crippen LogP contribution >= 0.6 is 0 Å². The van der Waals surface area contributed by atoms with E-state index in [1.807, 2.05) is 32.9 Å². The normalized spacial score (nSPS) is 18.9. The van der Waals surface area contributed by atoms with E-state index in [0.29, 0.717) is 17.1 Å². The Labute approximate surface area is 158 Å². The van der Waals surface area contributed by atoms with E-state index in [0.717, 1.165) is 37.8 Å². The van der Waals surface area contributed by atoms with Crippen molar-refractivity contribution in [1.82, 2.24) is 9.97 Å². The maximum atomic E-state index is 13.6. The Morgan fingerprint density at radius 3 is 2.85 bits per heavy atom. The summed E-state index contributed by atoms with van der Waals surface area (Å²) in [4.78, 5) is 25.5. The van der Waals surface area contributed by atoms with Gasteiger partial charge < -0.3 is 9.64 Å². The number of rotatable bonds is 1. The first-order chi connectivity index (χ1) is 12.8. The molecule has 2 aromatic rings. The molecule has 0 N–H and O–H groups in total. The Bertz CT molecular complexity index is 881. The molecular weight excluding hydrogens is 347 g/mol. The number of aromatic nitrogens is 2. The molecule has 1 atom stereocenters. The number of carbonyl (C=O) groups excluding carboxylic acids is 1. The van der Waals surface area contributed by atoms with Gasteiger partial charge in [0.1, 0.15) is 11.4 Å². The van der Waals surface area contributed by atoms with Crippen molar-refractivity contribution < 1.29 is 13.9 Å². The van der Waals surface area contributed by atoms with Gasteiger partial charge in [-0.15, -0.1) is 0 Å². The number of anilines is 2. The number of nitrogens with zero attached hydrogens (tertiary/aromatic N) is 4. The van der Waals surface area contributed by atoms with Crippen molar-refractivity contribution in [2.45, 2.75) is 45.3 Å². The van der Waals surface area contributed by atoms with Crippen LogP contribution in [0.5, 0.6) is 0 Å². The highest BCUT2D eigenvalue weighted by atomic mass is 19.1. The van der Waals surface area contributed by atoms with Gasteiger partial charge in [0.05, 0.1) is 23.6 Å². The van der Waals surface area contributed by atoms with Crippen molar-refractivity contribution in [3.8, 4) is 11.3 Å². The third kappa shape index (κ3) is 3.46. The van der Waals surface area contributed by atoms with E-state index in [2.05, 4.69) is 9.88 Å². The predicted octanol–water partition coefficient (Wildman–Crippen LogP) is 4.01. The minimum Gasteiger partial charge on any atom is -0.443 e. The fourth-order valence-electron chi connectivity index (χ4n) is 3.68. The molecule has 0 aromatic carbocycles. The van der Waals surface area contributed by atoms with Gasteiger partial charge in [-0.3, -0.25) is 9.88 Å². The van der Waals surface area contributed by atoms with Gasteiger partial charge in [0.15, 0.2) is 5.82 Å². The van der Waals surface area contributed by atoms with Crippen LogP contribution in [0.3, 0.4) is 0 Å². The van der Waals surface area contributed by atoms with Crippen LogP contribution < -0.4 is 9.80 Å². The van der Waals surface area contributed by atoms with Gasteiger partial charge in [0.2, 0.25) is 0 Å². The van der Waals surface area contributed by atoms with Crippen LogP contribution in [-0.2, 0) is 4.74 Å². The molecule has 0 spiro atoms. The SMILES string of the molecule is CC(C)(C)OC(=O)N1c2nc(-c3cncc(F)c3)ccc2N2CCC[C@H]1C2. The molecule has 142 valence electrons. The van der Waals surface area contributed by atoms with Crippen molar-refractivity contribution in [3.63, 3.8) is 0 Å². The highest BCUT2D eigenvalue weighted by molar-refractivity contribution is 5.93. The highest BCUT2D eigenvalue weighted by Gasteiger charge is 2.40. The van der Waals surface area contributed by atoms with Crippen LogP contribution in [0.1, 0.15) is 33.6 Å². The summed E-state index contributed by atoms with van der Waals surface area (Å²) in [5, 5.41) is 0. The zero-order valence-electron chi connectivity index (χ0n) is 15.8. The third-order valence-electron chi connectivity index (χ3n) is 4.78. The minimum absolute atomic E-state index is 0.0227. The molecule has 0 radical (unpaired) electrons. The molecule has 2 bridgehead atoms. The number of amides is 1. The van der Waals surface area contributed by atoms with E-state index in [1.54, 1.807) is 11.1 Å². The van der Waals surface area contributed by atoms with Crippen LogP contribution in [0.15, 0.2) is 30.6 Å². The molecule has 6 nitrogen and oxygen atoms in total. The number of halogens is 1. The molecule has 2 aromatic heterocycles. The summed E-state index contributed by atoms with van der Waals surface area (Å²) in [6.45, 7) is 7.27. The van der Waals surface area contributed by atoms with Gasteiger partial charge in [-0.05, 0) is 51.8 Å². The Hall–Kier alpha value is -2.70. The van der Waals surface area contributed by atoms with Gasteiger partial charge in [0.25, 0.3) is 0 Å². The maximum absolute atomic E-state index is 13.6. The Morgan fingerprint density at radius 2 is 2.11 bits per heavy atom. The van der Waals surface area contributed by atoms with Crippen molar-refractivity contribution in [1.29, 1.82) is 0 Å². The van der Waals surface area contributed by atoms with E-state index in [-0.39, 0.29) is 6.04 Å². The lowest BCUT2D eigenvalue weighted by Crippen LogP contribution is -2.56. The first-order valence-corrected chi connectivity index (χ1v) is 9.21. The molecule has 1 amide bonds. The molecule has 2 aliphatic rings. The summed E-state index contributed by atoms with van der Waals surface area (Å²) in [6.07, 6.45) is 4.25. The van der Waals surface area contributed by atoms with Crippen molar-refractivity contribution in [2.24, 2.45) is 0 Å². The molecular formula is C20H23FN4O2. The number of ether oxygens (including phenoxy) is 1. The van der Waals surface area contributed by atoms with Gasteiger partial charge >= 0.3 is 6.09 Å². The lowest BCUT2D eigenvalue weighted by Gasteiger charge is -2.46. The molecule has 7 heteroatoms. The Balaban J connectivity index is 1.79. The number of hydrogen-bond acceptors (Lipinski definition) is 5. The molecule has 27 heavy (non-hydrogen) atoms. The molecule has 2 aliphatic heterocycles. The van der Waals surface area contributed by atoms with Crippen LogP contribution in [0.25, 0.3) is 11.3 Å². The van der Waals surface area contributed by atoms with Crippen molar-refractivity contribution in [3.05, 3.63) is 36.4 Å². The monoisotopic (exact) mass is 370 g/mol. The van der Waals surface area contributed by atoms with E-state index >= 15 is 0 Å². The predicted molar refractivity (Wildman–Crippen MR) is 101 cm³/mol. The summed E-state index contributed by atoms with van der Waals surface area (Å²) >= 11 is 0. The second kappa shape index (κ2) is 6.48. The van der Waals surface area contributed by atoms with Crippen LogP contribution in [0.4, 0.5) is 20.7 Å². The average Bonchev–Trinajstić information content (AvgIpc) is 2.60. The Morgan fingerprint density at radius 1 is 1.30 bits per heavy atom. The van der Waals surface area contributed by atoms with Crippen LogP contribution in [0, 0.1) is 5.82 Å². The van der Waals surface area contributed by atoms with Gasteiger partial charge in [-0.2, -0.15) is 0 Å². The summed E-state index contributed by atoms with van der Waals surface area (Å²) in [7, 11) is 0. The fraction of sp³-hybridized carbons (Fsp3) is 0.450. The molecule has 0 saturated carbocycles. The smallest absolute Gasteiger partial charge is 0.416 e. The fourth-order valence-corrected chi connectivity index (χ4v) is 3.68. The first-order valence-electron chi connectivity index (χ1n) is 9.21. The maximum Gasteiger partial charge on any atom is 0.416 e. The van der Waals surface area contributed by atoms with Crippen molar-refractivity contribution in [2.75, 3.05) is 22.9 Å². The van der Waals surface area contributed by atoms with E-state index in [1.165, 1.54) is 6.07 Å².